The van der Waals surface area contributed by atoms with E-state index in [4.69, 9.17) is 9.47 Å². The van der Waals surface area contributed by atoms with E-state index in [1.807, 2.05) is 0 Å². The zero-order valence-electron chi connectivity index (χ0n) is 15.9. The van der Waals surface area contributed by atoms with Crippen LogP contribution < -0.4 is 0 Å². The average Bonchev–Trinajstić information content (AvgIpc) is 3.14. The maximum atomic E-state index is 13.4. The molecular weight excluding hydrogens is 328 g/mol. The van der Waals surface area contributed by atoms with Crippen LogP contribution in [0.5, 0.6) is 0 Å². The van der Waals surface area contributed by atoms with Crippen LogP contribution in [0.4, 0.5) is 0 Å². The Labute approximate surface area is 155 Å². The Kier molecular flexibility index (Phi) is 3.17. The minimum absolute atomic E-state index is 0.0574. The summed E-state index contributed by atoms with van der Waals surface area (Å²) in [4.78, 5) is 26.0. The topological polar surface area (TPSA) is 52.6 Å². The molecule has 0 spiro atoms. The number of hydrogen-bond donors (Lipinski definition) is 0. The zero-order chi connectivity index (χ0) is 17.8. The third-order valence-electron chi connectivity index (χ3n) is 9.61. The highest BCUT2D eigenvalue weighted by Gasteiger charge is 2.65. The first-order valence-electron chi connectivity index (χ1n) is 10.8. The van der Waals surface area contributed by atoms with Gasteiger partial charge >= 0.3 is 5.97 Å². The van der Waals surface area contributed by atoms with Gasteiger partial charge in [0, 0.05) is 5.92 Å². The minimum atomic E-state index is -0.289. The van der Waals surface area contributed by atoms with E-state index in [2.05, 4.69) is 13.8 Å². The molecule has 1 aliphatic heterocycles. The molecule has 142 valence electrons. The number of hydrogen-bond acceptors (Lipinski definition) is 4. The third kappa shape index (κ3) is 1.90. The summed E-state index contributed by atoms with van der Waals surface area (Å²) in [6, 6.07) is 0. The summed E-state index contributed by atoms with van der Waals surface area (Å²) in [5.41, 5.74) is -0.289. The van der Waals surface area contributed by atoms with E-state index in [1.54, 1.807) is 0 Å². The molecule has 7 rings (SSSR count). The summed E-state index contributed by atoms with van der Waals surface area (Å²) in [5.74, 6) is 3.43. The molecule has 6 unspecified atom stereocenters. The van der Waals surface area contributed by atoms with Crippen LogP contribution in [0.1, 0.15) is 52.4 Å². The van der Waals surface area contributed by atoms with E-state index >= 15 is 0 Å². The Morgan fingerprint density at radius 3 is 2.35 bits per heavy atom. The van der Waals surface area contributed by atoms with E-state index < -0.39 is 0 Å². The van der Waals surface area contributed by atoms with E-state index in [0.29, 0.717) is 17.8 Å². The molecule has 6 atom stereocenters. The molecule has 0 aromatic rings. The third-order valence-corrected chi connectivity index (χ3v) is 9.61. The van der Waals surface area contributed by atoms with Crippen LogP contribution in [0.15, 0.2) is 0 Å². The molecular formula is C22H30O4. The summed E-state index contributed by atoms with van der Waals surface area (Å²) in [6.45, 7) is 4.61. The van der Waals surface area contributed by atoms with Gasteiger partial charge in [0.1, 0.15) is 12.2 Å². The number of carbonyl (C=O) groups excluding carboxylic acids is 2. The smallest absolute Gasteiger partial charge is 0.310 e. The Morgan fingerprint density at radius 1 is 1.04 bits per heavy atom. The Bertz CT molecular complexity index is 641. The molecule has 0 N–H and O–H groups in total. The molecule has 0 amide bonds. The number of ketones is 1. The predicted molar refractivity (Wildman–Crippen MR) is 94.0 cm³/mol. The Morgan fingerprint density at radius 2 is 1.69 bits per heavy atom. The van der Waals surface area contributed by atoms with Crippen LogP contribution in [0.2, 0.25) is 0 Å². The molecule has 4 heteroatoms. The summed E-state index contributed by atoms with van der Waals surface area (Å²) < 4.78 is 12.2. The van der Waals surface area contributed by atoms with Crippen molar-refractivity contribution >= 4 is 11.8 Å². The van der Waals surface area contributed by atoms with Crippen LogP contribution in [0, 0.1) is 53.3 Å². The molecule has 6 saturated carbocycles. The molecule has 7 aliphatic rings. The van der Waals surface area contributed by atoms with Gasteiger partial charge in [-0.1, -0.05) is 6.92 Å². The van der Waals surface area contributed by atoms with Crippen molar-refractivity contribution in [1.29, 1.82) is 0 Å². The molecule has 0 radical (unpaired) electrons. The summed E-state index contributed by atoms with van der Waals surface area (Å²) >= 11 is 0. The van der Waals surface area contributed by atoms with Crippen molar-refractivity contribution in [3.05, 3.63) is 0 Å². The molecule has 6 aliphatic carbocycles. The number of carbonyl (C=O) groups is 2. The second-order valence-electron chi connectivity index (χ2n) is 10.6. The van der Waals surface area contributed by atoms with Crippen molar-refractivity contribution in [1.82, 2.24) is 0 Å². The van der Waals surface area contributed by atoms with Gasteiger partial charge in [0.25, 0.3) is 0 Å². The van der Waals surface area contributed by atoms with Crippen LogP contribution in [-0.2, 0) is 19.1 Å². The fourth-order valence-corrected chi connectivity index (χ4v) is 8.54. The van der Waals surface area contributed by atoms with Gasteiger partial charge in [0.2, 0.25) is 0 Å². The van der Waals surface area contributed by atoms with Crippen molar-refractivity contribution in [2.45, 2.75) is 64.1 Å². The fourth-order valence-electron chi connectivity index (χ4n) is 8.54. The van der Waals surface area contributed by atoms with E-state index in [9.17, 15) is 9.59 Å². The lowest BCUT2D eigenvalue weighted by atomic mass is 9.50. The van der Waals surface area contributed by atoms with Crippen LogP contribution >= 0.6 is 0 Å². The van der Waals surface area contributed by atoms with Gasteiger partial charge in [-0.2, -0.15) is 0 Å². The molecule has 4 nitrogen and oxygen atoms in total. The lowest BCUT2D eigenvalue weighted by molar-refractivity contribution is -0.213. The van der Waals surface area contributed by atoms with E-state index in [1.165, 1.54) is 32.1 Å². The first kappa shape index (κ1) is 16.1. The van der Waals surface area contributed by atoms with Crippen molar-refractivity contribution in [3.63, 3.8) is 0 Å². The highest BCUT2D eigenvalue weighted by atomic mass is 16.6. The van der Waals surface area contributed by atoms with Crippen LogP contribution in [0.25, 0.3) is 0 Å². The molecule has 6 bridgehead atoms. The monoisotopic (exact) mass is 358 g/mol. The standard InChI is InChI=1S/C22H30O4/c1-10-15-8-16-18(17(23)9-25-20(10)16)19(15)21(24)26-22(2)13-4-11-3-12(6-13)7-14(22)5-11/h10-16,18-20H,3-9H2,1-2H3. The molecule has 1 saturated heterocycles. The first-order chi connectivity index (χ1) is 12.5. The van der Waals surface area contributed by atoms with Gasteiger partial charge in [0.15, 0.2) is 5.78 Å². The molecule has 0 aromatic carbocycles. The Balaban J connectivity index is 1.27. The molecule has 7 fully saturated rings. The van der Waals surface area contributed by atoms with E-state index in [-0.39, 0.29) is 53.7 Å². The average molecular weight is 358 g/mol. The zero-order valence-corrected chi connectivity index (χ0v) is 15.9. The van der Waals surface area contributed by atoms with Crippen molar-refractivity contribution in [2.24, 2.45) is 53.3 Å². The number of rotatable bonds is 2. The molecule has 1 heterocycles. The maximum absolute atomic E-state index is 13.4. The van der Waals surface area contributed by atoms with Crippen LogP contribution in [0.3, 0.4) is 0 Å². The maximum Gasteiger partial charge on any atom is 0.310 e. The highest BCUT2D eigenvalue weighted by molar-refractivity contribution is 5.90. The fraction of sp³-hybridized carbons (Fsp3) is 0.909. The summed E-state index contributed by atoms with van der Waals surface area (Å²) in [6.07, 6.45) is 7.51. The van der Waals surface area contributed by atoms with Crippen LogP contribution in [-0.4, -0.2) is 30.1 Å². The minimum Gasteiger partial charge on any atom is -0.459 e. The van der Waals surface area contributed by atoms with Gasteiger partial charge in [-0.05, 0) is 86.9 Å². The number of ether oxygens (including phenoxy) is 2. The summed E-state index contributed by atoms with van der Waals surface area (Å²) in [7, 11) is 0. The molecule has 0 aromatic heterocycles. The van der Waals surface area contributed by atoms with Gasteiger partial charge in [-0.15, -0.1) is 0 Å². The predicted octanol–water partition coefficient (Wildman–Crippen LogP) is 3.23. The first-order valence-corrected chi connectivity index (χ1v) is 10.8. The van der Waals surface area contributed by atoms with Gasteiger partial charge < -0.3 is 9.47 Å². The quantitative estimate of drug-likeness (QED) is 0.711. The van der Waals surface area contributed by atoms with Crippen molar-refractivity contribution in [2.75, 3.05) is 6.61 Å². The Hall–Kier alpha value is -0.900. The lowest BCUT2D eigenvalue weighted by Gasteiger charge is -2.59. The van der Waals surface area contributed by atoms with Crippen molar-refractivity contribution in [3.8, 4) is 0 Å². The number of fused-ring (bicyclic) bond motifs is 1. The number of esters is 1. The molecule has 26 heavy (non-hydrogen) atoms. The normalized spacial score (nSPS) is 59.1. The van der Waals surface area contributed by atoms with Crippen molar-refractivity contribution < 1.29 is 19.1 Å². The number of Topliss-reactive ketones (excluding diaryl/α,β-unsaturated/α-hetero) is 1. The second-order valence-corrected chi connectivity index (χ2v) is 10.6. The van der Waals surface area contributed by atoms with Gasteiger partial charge in [-0.3, -0.25) is 9.59 Å². The summed E-state index contributed by atoms with van der Waals surface area (Å²) in [5, 5.41) is 0. The van der Waals surface area contributed by atoms with Gasteiger partial charge in [-0.25, -0.2) is 0 Å². The highest BCUT2D eigenvalue weighted by Crippen LogP contribution is 2.62. The second kappa shape index (κ2) is 5.12. The van der Waals surface area contributed by atoms with Gasteiger partial charge in [0.05, 0.1) is 12.0 Å². The SMILES string of the molecule is CC1C2CC3C1OCC(=O)C3C2C(=O)OC1(C)C2CC3CC(C2)CC1C3. The largest absolute Gasteiger partial charge is 0.459 e. The lowest BCUT2D eigenvalue weighted by Crippen LogP contribution is -2.59. The van der Waals surface area contributed by atoms with E-state index in [0.717, 1.165) is 18.3 Å².